The van der Waals surface area contributed by atoms with Crippen molar-refractivity contribution in [2.75, 3.05) is 5.32 Å². The molecule has 4 rings (SSSR count). The Morgan fingerprint density at radius 3 is 2.40 bits per heavy atom. The zero-order chi connectivity index (χ0) is 21.6. The summed E-state index contributed by atoms with van der Waals surface area (Å²) in [6.07, 6.45) is 0.0696. The first-order valence-corrected chi connectivity index (χ1v) is 9.45. The third kappa shape index (κ3) is 3.47. The number of halogens is 2. The molecule has 0 aliphatic rings. The van der Waals surface area contributed by atoms with E-state index < -0.39 is 23.2 Å². The van der Waals surface area contributed by atoms with Gasteiger partial charge in [-0.25, -0.2) is 13.6 Å². The normalized spacial score (nSPS) is 11.4. The lowest BCUT2D eigenvalue weighted by atomic mass is 10.0. The second kappa shape index (κ2) is 7.40. The molecular formula is C23H19F2NO4. The fourth-order valence-corrected chi connectivity index (χ4v) is 3.56. The van der Waals surface area contributed by atoms with Crippen molar-refractivity contribution < 1.29 is 22.4 Å². The average Bonchev–Trinajstić information content (AvgIpc) is 2.96. The number of carbonyl (C=O) groups is 1. The van der Waals surface area contributed by atoms with Crippen molar-refractivity contribution in [1.82, 2.24) is 0 Å². The first-order chi connectivity index (χ1) is 14.2. The van der Waals surface area contributed by atoms with Gasteiger partial charge in [-0.15, -0.1) is 0 Å². The minimum absolute atomic E-state index is 0.0555. The van der Waals surface area contributed by atoms with Crippen molar-refractivity contribution in [3.63, 3.8) is 0 Å². The number of nitrogens with one attached hydrogen (secondary N) is 1. The lowest BCUT2D eigenvalue weighted by Gasteiger charge is -2.09. The van der Waals surface area contributed by atoms with Crippen LogP contribution in [0.3, 0.4) is 0 Å². The summed E-state index contributed by atoms with van der Waals surface area (Å²) in [4.78, 5) is 24.7. The van der Waals surface area contributed by atoms with Crippen LogP contribution >= 0.6 is 0 Å². The Hall–Kier alpha value is -3.48. The molecule has 4 aromatic rings. The highest BCUT2D eigenvalue weighted by Gasteiger charge is 2.17. The molecule has 2 aromatic carbocycles. The number of aryl methyl sites for hydroxylation is 3. The second-order valence-electron chi connectivity index (χ2n) is 7.29. The van der Waals surface area contributed by atoms with Gasteiger partial charge in [-0.3, -0.25) is 4.79 Å². The molecule has 0 atom stereocenters. The minimum Gasteiger partial charge on any atom is -0.461 e. The van der Waals surface area contributed by atoms with Gasteiger partial charge in [-0.1, -0.05) is 0 Å². The Labute approximate surface area is 170 Å². The average molecular weight is 411 g/mol. The third-order valence-corrected chi connectivity index (χ3v) is 5.39. The van der Waals surface area contributed by atoms with Crippen LogP contribution < -0.4 is 10.9 Å². The summed E-state index contributed by atoms with van der Waals surface area (Å²) in [5.41, 5.74) is 2.54. The van der Waals surface area contributed by atoms with Crippen LogP contribution in [0.2, 0.25) is 0 Å². The van der Waals surface area contributed by atoms with Crippen molar-refractivity contribution in [2.24, 2.45) is 0 Å². The quantitative estimate of drug-likeness (QED) is 0.462. The number of amides is 1. The molecule has 7 heteroatoms. The highest BCUT2D eigenvalue weighted by atomic mass is 19.1. The molecular weight excluding hydrogens is 392 g/mol. The van der Waals surface area contributed by atoms with E-state index in [0.29, 0.717) is 22.8 Å². The van der Waals surface area contributed by atoms with Crippen LogP contribution in [0.5, 0.6) is 0 Å². The molecule has 2 heterocycles. The van der Waals surface area contributed by atoms with Crippen molar-refractivity contribution in [3.05, 3.63) is 74.8 Å². The van der Waals surface area contributed by atoms with Crippen LogP contribution in [-0.2, 0) is 11.2 Å². The molecule has 0 aliphatic carbocycles. The first-order valence-electron chi connectivity index (χ1n) is 9.45. The Morgan fingerprint density at radius 2 is 1.67 bits per heavy atom. The number of carbonyl (C=O) groups excluding carboxylic acids is 1. The maximum atomic E-state index is 13.7. The van der Waals surface area contributed by atoms with E-state index in [2.05, 4.69) is 5.32 Å². The monoisotopic (exact) mass is 411 g/mol. The third-order valence-electron chi connectivity index (χ3n) is 5.39. The van der Waals surface area contributed by atoms with Gasteiger partial charge in [0.1, 0.15) is 28.6 Å². The van der Waals surface area contributed by atoms with E-state index in [4.69, 9.17) is 8.83 Å². The van der Waals surface area contributed by atoms with Crippen LogP contribution in [0.15, 0.2) is 44.0 Å². The maximum absolute atomic E-state index is 13.7. The molecule has 1 amide bonds. The Kier molecular flexibility index (Phi) is 4.89. The van der Waals surface area contributed by atoms with Crippen molar-refractivity contribution in [1.29, 1.82) is 0 Å². The molecule has 0 saturated heterocycles. The zero-order valence-corrected chi connectivity index (χ0v) is 16.7. The number of hydrogen-bond donors (Lipinski definition) is 1. The molecule has 0 fully saturated rings. The standard InChI is InChI=1S/C23H19F2NO4/c1-11-13(3)29-20-10-21-17(9-16(11)20)12(2)15(23(28)30-21)5-7-22(27)26-19-6-4-14(24)8-18(19)25/h4,6,8-10H,5,7H2,1-3H3,(H,26,27). The molecule has 0 unspecified atom stereocenters. The summed E-state index contributed by atoms with van der Waals surface area (Å²) in [6, 6.07) is 6.52. The van der Waals surface area contributed by atoms with Gasteiger partial charge in [0.2, 0.25) is 5.91 Å². The van der Waals surface area contributed by atoms with Gasteiger partial charge in [0.25, 0.3) is 0 Å². The Bertz CT molecular complexity index is 1370. The van der Waals surface area contributed by atoms with Gasteiger partial charge in [0.05, 0.1) is 5.69 Å². The van der Waals surface area contributed by atoms with Crippen LogP contribution in [-0.4, -0.2) is 5.91 Å². The molecule has 0 aliphatic heterocycles. The molecule has 0 saturated carbocycles. The Balaban J connectivity index is 1.62. The summed E-state index contributed by atoms with van der Waals surface area (Å²) in [5, 5.41) is 4.10. The number of rotatable bonds is 4. The van der Waals surface area contributed by atoms with Crippen LogP contribution in [0.1, 0.15) is 28.9 Å². The first kappa shape index (κ1) is 19.8. The number of benzene rings is 2. The van der Waals surface area contributed by atoms with E-state index in [9.17, 15) is 18.4 Å². The molecule has 5 nitrogen and oxygen atoms in total. The lowest BCUT2D eigenvalue weighted by molar-refractivity contribution is -0.116. The van der Waals surface area contributed by atoms with Crippen LogP contribution in [0, 0.1) is 32.4 Å². The summed E-state index contributed by atoms with van der Waals surface area (Å²) in [5.74, 6) is -1.28. The van der Waals surface area contributed by atoms with Gasteiger partial charge in [0, 0.05) is 34.9 Å². The largest absolute Gasteiger partial charge is 0.461 e. The fraction of sp³-hybridized carbons (Fsp3) is 0.217. The second-order valence-corrected chi connectivity index (χ2v) is 7.29. The van der Waals surface area contributed by atoms with Gasteiger partial charge in [-0.05, 0) is 56.5 Å². The lowest BCUT2D eigenvalue weighted by Crippen LogP contribution is -2.17. The fourth-order valence-electron chi connectivity index (χ4n) is 3.56. The van der Waals surface area contributed by atoms with E-state index in [1.54, 1.807) is 13.0 Å². The Morgan fingerprint density at radius 1 is 0.967 bits per heavy atom. The summed E-state index contributed by atoms with van der Waals surface area (Å²) >= 11 is 0. The van der Waals surface area contributed by atoms with Gasteiger partial charge in [-0.2, -0.15) is 0 Å². The smallest absolute Gasteiger partial charge is 0.339 e. The van der Waals surface area contributed by atoms with Crippen LogP contribution in [0.25, 0.3) is 21.9 Å². The predicted molar refractivity (Wildman–Crippen MR) is 110 cm³/mol. The van der Waals surface area contributed by atoms with E-state index >= 15 is 0 Å². The van der Waals surface area contributed by atoms with E-state index in [1.807, 2.05) is 19.9 Å². The minimum atomic E-state index is -0.862. The highest BCUT2D eigenvalue weighted by molar-refractivity contribution is 5.97. The van der Waals surface area contributed by atoms with Gasteiger partial charge < -0.3 is 14.2 Å². The molecule has 154 valence electrons. The van der Waals surface area contributed by atoms with Gasteiger partial charge in [0.15, 0.2) is 0 Å². The molecule has 1 N–H and O–H groups in total. The molecule has 30 heavy (non-hydrogen) atoms. The van der Waals surface area contributed by atoms with E-state index in [1.165, 1.54) is 0 Å². The van der Waals surface area contributed by atoms with Gasteiger partial charge >= 0.3 is 5.63 Å². The molecule has 0 spiro atoms. The number of hydrogen-bond acceptors (Lipinski definition) is 4. The summed E-state index contributed by atoms with van der Waals surface area (Å²) in [6.45, 7) is 5.64. The van der Waals surface area contributed by atoms with Crippen molar-refractivity contribution in [2.45, 2.75) is 33.6 Å². The molecule has 0 radical (unpaired) electrons. The highest BCUT2D eigenvalue weighted by Crippen LogP contribution is 2.31. The molecule has 0 bridgehead atoms. The van der Waals surface area contributed by atoms with Crippen LogP contribution in [0.4, 0.5) is 14.5 Å². The number of anilines is 1. The summed E-state index contributed by atoms with van der Waals surface area (Å²) in [7, 11) is 0. The summed E-state index contributed by atoms with van der Waals surface area (Å²) < 4.78 is 37.9. The zero-order valence-electron chi connectivity index (χ0n) is 16.7. The molecule has 2 aromatic heterocycles. The SMILES string of the molecule is Cc1oc2cc3oc(=O)c(CCC(=O)Nc4ccc(F)cc4F)c(C)c3cc2c1C. The number of furan rings is 1. The maximum Gasteiger partial charge on any atom is 0.339 e. The van der Waals surface area contributed by atoms with E-state index in [0.717, 1.165) is 39.8 Å². The topological polar surface area (TPSA) is 72.5 Å². The van der Waals surface area contributed by atoms with Crippen molar-refractivity contribution in [3.8, 4) is 0 Å². The van der Waals surface area contributed by atoms with E-state index in [-0.39, 0.29) is 18.5 Å². The number of fused-ring (bicyclic) bond motifs is 2. The van der Waals surface area contributed by atoms with Crippen molar-refractivity contribution >= 4 is 33.5 Å². The predicted octanol–water partition coefficient (Wildman–Crippen LogP) is 5.31.